The number of carboxylic acids is 1. The molecule has 2 aromatic rings. The first kappa shape index (κ1) is 30.3. The maximum atomic E-state index is 13.4. The predicted octanol–water partition coefficient (Wildman–Crippen LogP) is -1.12. The number of para-hydroxylation sites is 1. The molecule has 2 rings (SSSR count). The van der Waals surface area contributed by atoms with Crippen LogP contribution in [0.15, 0.2) is 30.5 Å². The Morgan fingerprint density at radius 2 is 1.55 bits per heavy atom. The van der Waals surface area contributed by atoms with Crippen LogP contribution in [0.4, 0.5) is 0 Å². The van der Waals surface area contributed by atoms with Gasteiger partial charge in [0.1, 0.15) is 24.2 Å². The second-order valence-corrected chi connectivity index (χ2v) is 9.51. The molecule has 1 heterocycles. The Bertz CT molecular complexity index is 1150. The van der Waals surface area contributed by atoms with Gasteiger partial charge in [-0.3, -0.25) is 19.2 Å². The Balaban J connectivity index is 2.27. The first-order chi connectivity index (χ1) is 17.9. The van der Waals surface area contributed by atoms with E-state index in [1.807, 2.05) is 38.1 Å². The number of hydrogen-bond donors (Lipinski definition) is 8. The number of nitrogens with one attached hydrogen (secondary N) is 4. The topological polar surface area (TPSA) is 230 Å². The summed E-state index contributed by atoms with van der Waals surface area (Å²) in [5.74, 6) is -4.34. The molecule has 0 fully saturated rings. The van der Waals surface area contributed by atoms with Crippen molar-refractivity contribution in [2.45, 2.75) is 63.7 Å². The van der Waals surface area contributed by atoms with Gasteiger partial charge in [-0.25, -0.2) is 4.79 Å². The summed E-state index contributed by atoms with van der Waals surface area (Å²) in [5, 5.41) is 27.0. The lowest BCUT2D eigenvalue weighted by molar-refractivity contribution is -0.142. The van der Waals surface area contributed by atoms with Crippen LogP contribution in [0.5, 0.6) is 0 Å². The van der Waals surface area contributed by atoms with E-state index in [9.17, 15) is 34.2 Å². The molecule has 13 heteroatoms. The number of carboxylic acid groups (broad SMARTS) is 1. The fourth-order valence-corrected chi connectivity index (χ4v) is 3.88. The molecule has 208 valence electrons. The number of fused-ring (bicyclic) bond motifs is 1. The molecule has 1 aromatic heterocycles. The predicted molar refractivity (Wildman–Crippen MR) is 138 cm³/mol. The van der Waals surface area contributed by atoms with Gasteiger partial charge in [-0.05, 0) is 30.4 Å². The van der Waals surface area contributed by atoms with Crippen molar-refractivity contribution >= 4 is 40.5 Å². The molecule has 0 aliphatic heterocycles. The van der Waals surface area contributed by atoms with E-state index in [0.29, 0.717) is 0 Å². The Labute approximate surface area is 219 Å². The molecule has 38 heavy (non-hydrogen) atoms. The van der Waals surface area contributed by atoms with Gasteiger partial charge in [-0.2, -0.15) is 0 Å². The molecule has 4 atom stereocenters. The number of amides is 4. The summed E-state index contributed by atoms with van der Waals surface area (Å²) < 4.78 is 0. The van der Waals surface area contributed by atoms with Gasteiger partial charge in [0.05, 0.1) is 6.61 Å². The first-order valence-electron chi connectivity index (χ1n) is 12.3. The smallest absolute Gasteiger partial charge is 0.326 e. The molecule has 0 saturated carbocycles. The van der Waals surface area contributed by atoms with Crippen LogP contribution in [-0.4, -0.2) is 75.6 Å². The number of aromatic amines is 1. The summed E-state index contributed by atoms with van der Waals surface area (Å²) in [4.78, 5) is 64.6. The van der Waals surface area contributed by atoms with Crippen LogP contribution in [0.3, 0.4) is 0 Å². The lowest BCUT2D eigenvalue weighted by atomic mass is 10.00. The Hall–Kier alpha value is -3.97. The van der Waals surface area contributed by atoms with E-state index in [2.05, 4.69) is 20.9 Å². The number of benzene rings is 1. The second kappa shape index (κ2) is 14.1. The van der Waals surface area contributed by atoms with Crippen molar-refractivity contribution in [2.24, 2.45) is 17.4 Å². The number of H-pyrrole nitrogens is 1. The van der Waals surface area contributed by atoms with Crippen LogP contribution in [0.2, 0.25) is 0 Å². The third-order valence-corrected chi connectivity index (χ3v) is 5.90. The Morgan fingerprint density at radius 1 is 0.947 bits per heavy atom. The van der Waals surface area contributed by atoms with Gasteiger partial charge in [-0.15, -0.1) is 0 Å². The number of aliphatic hydroxyl groups is 1. The minimum absolute atomic E-state index is 0.0477. The molecular weight excluding hydrogens is 496 g/mol. The third kappa shape index (κ3) is 8.85. The summed E-state index contributed by atoms with van der Waals surface area (Å²) in [6.45, 7) is 3.01. The van der Waals surface area contributed by atoms with Gasteiger partial charge < -0.3 is 42.6 Å². The molecule has 4 unspecified atom stereocenters. The van der Waals surface area contributed by atoms with Crippen LogP contribution in [0, 0.1) is 5.92 Å². The van der Waals surface area contributed by atoms with Crippen molar-refractivity contribution in [1.29, 1.82) is 0 Å². The fraction of sp³-hybridized carbons (Fsp3) is 0.480. The van der Waals surface area contributed by atoms with E-state index in [1.54, 1.807) is 6.20 Å². The average molecular weight is 533 g/mol. The van der Waals surface area contributed by atoms with Crippen molar-refractivity contribution in [3.63, 3.8) is 0 Å². The number of carbonyl (C=O) groups excluding carboxylic acids is 4. The standard InChI is InChI=1S/C25H36N6O7/c1-13(2)9-19(23(35)29-18(25(37)38)7-8-21(27)33)31-24(36)20(30-22(34)16(26)12-32)10-14-11-28-17-6-4-3-5-15(14)17/h3-6,11,13,16,18-20,28,32H,7-10,12,26H2,1-2H3,(H2,27,33)(H,29,35)(H,30,34)(H,31,36)(H,37,38). The molecule has 0 bridgehead atoms. The van der Waals surface area contributed by atoms with E-state index in [-0.39, 0.29) is 31.6 Å². The van der Waals surface area contributed by atoms with Crippen molar-refractivity contribution < 1.29 is 34.2 Å². The number of rotatable bonds is 15. The molecule has 0 radical (unpaired) electrons. The highest BCUT2D eigenvalue weighted by Crippen LogP contribution is 2.19. The summed E-state index contributed by atoms with van der Waals surface area (Å²) in [6.07, 6.45) is 1.46. The number of aliphatic hydroxyl groups excluding tert-OH is 1. The van der Waals surface area contributed by atoms with Crippen molar-refractivity contribution in [3.8, 4) is 0 Å². The largest absolute Gasteiger partial charge is 0.480 e. The maximum Gasteiger partial charge on any atom is 0.326 e. The monoisotopic (exact) mass is 532 g/mol. The normalized spacial score (nSPS) is 14.3. The molecule has 0 spiro atoms. The minimum Gasteiger partial charge on any atom is -0.480 e. The quantitative estimate of drug-likeness (QED) is 0.140. The van der Waals surface area contributed by atoms with Crippen molar-refractivity contribution in [1.82, 2.24) is 20.9 Å². The third-order valence-electron chi connectivity index (χ3n) is 5.90. The highest BCUT2D eigenvalue weighted by molar-refractivity contribution is 5.95. The molecule has 1 aromatic carbocycles. The lowest BCUT2D eigenvalue weighted by Crippen LogP contribution is -2.58. The number of nitrogens with two attached hydrogens (primary N) is 2. The number of primary amides is 1. The van der Waals surface area contributed by atoms with E-state index in [1.165, 1.54) is 0 Å². The highest BCUT2D eigenvalue weighted by atomic mass is 16.4. The Kier molecular flexibility index (Phi) is 11.2. The van der Waals surface area contributed by atoms with Crippen molar-refractivity contribution in [2.75, 3.05) is 6.61 Å². The molecule has 4 amide bonds. The lowest BCUT2D eigenvalue weighted by Gasteiger charge is -2.26. The maximum absolute atomic E-state index is 13.4. The zero-order chi connectivity index (χ0) is 28.4. The highest BCUT2D eigenvalue weighted by Gasteiger charge is 2.31. The van der Waals surface area contributed by atoms with Crippen LogP contribution in [-0.2, 0) is 30.4 Å². The molecule has 10 N–H and O–H groups in total. The van der Waals surface area contributed by atoms with Gasteiger partial charge >= 0.3 is 5.97 Å². The molecule has 13 nitrogen and oxygen atoms in total. The average Bonchev–Trinajstić information content (AvgIpc) is 3.27. The summed E-state index contributed by atoms with van der Waals surface area (Å²) in [5.41, 5.74) is 12.3. The van der Waals surface area contributed by atoms with Crippen LogP contribution in [0.1, 0.15) is 38.7 Å². The number of aliphatic carboxylic acids is 1. The first-order valence-corrected chi connectivity index (χ1v) is 12.3. The summed E-state index contributed by atoms with van der Waals surface area (Å²) >= 11 is 0. The number of carbonyl (C=O) groups is 5. The molecule has 0 aliphatic rings. The van der Waals surface area contributed by atoms with Gasteiger partial charge in [0, 0.05) is 29.9 Å². The van der Waals surface area contributed by atoms with Crippen LogP contribution >= 0.6 is 0 Å². The van der Waals surface area contributed by atoms with E-state index < -0.39 is 60.4 Å². The van der Waals surface area contributed by atoms with E-state index >= 15 is 0 Å². The molecule has 0 saturated heterocycles. The zero-order valence-corrected chi connectivity index (χ0v) is 21.4. The number of hydrogen-bond acceptors (Lipinski definition) is 7. The van der Waals surface area contributed by atoms with Gasteiger partial charge in [0.25, 0.3) is 0 Å². The van der Waals surface area contributed by atoms with Crippen LogP contribution in [0.25, 0.3) is 10.9 Å². The molecular formula is C25H36N6O7. The summed E-state index contributed by atoms with van der Waals surface area (Å²) in [6, 6.07) is 2.44. The minimum atomic E-state index is -1.38. The Morgan fingerprint density at radius 3 is 2.16 bits per heavy atom. The summed E-state index contributed by atoms with van der Waals surface area (Å²) in [7, 11) is 0. The van der Waals surface area contributed by atoms with Crippen LogP contribution < -0.4 is 27.4 Å². The fourth-order valence-electron chi connectivity index (χ4n) is 3.88. The second-order valence-electron chi connectivity index (χ2n) is 9.51. The van der Waals surface area contributed by atoms with Gasteiger partial charge in [0.15, 0.2) is 0 Å². The van der Waals surface area contributed by atoms with E-state index in [0.717, 1.165) is 16.5 Å². The van der Waals surface area contributed by atoms with Gasteiger partial charge in [-0.1, -0.05) is 32.0 Å². The van der Waals surface area contributed by atoms with Crippen molar-refractivity contribution in [3.05, 3.63) is 36.0 Å². The van der Waals surface area contributed by atoms with Gasteiger partial charge in [0.2, 0.25) is 23.6 Å². The zero-order valence-electron chi connectivity index (χ0n) is 21.4. The SMILES string of the molecule is CC(C)CC(NC(=O)C(Cc1c[nH]c2ccccc12)NC(=O)C(N)CO)C(=O)NC(CCC(N)=O)C(=O)O. The van der Waals surface area contributed by atoms with E-state index in [4.69, 9.17) is 11.5 Å². The molecule has 0 aliphatic carbocycles. The number of aromatic nitrogens is 1.